The zero-order chi connectivity index (χ0) is 29.0. The molecule has 13 heteroatoms. The number of nitro groups is 1. The van der Waals surface area contributed by atoms with Crippen LogP contribution in [0.5, 0.6) is 11.5 Å². The fraction of sp³-hybridized carbons (Fsp3) is 0.111. The van der Waals surface area contributed by atoms with Crippen molar-refractivity contribution in [3.63, 3.8) is 0 Å². The fourth-order valence-electron chi connectivity index (χ4n) is 3.83. The topological polar surface area (TPSA) is 157 Å². The largest absolute Gasteiger partial charge is 0.493 e. The maximum atomic E-state index is 13.2. The van der Waals surface area contributed by atoms with Crippen LogP contribution in [0.2, 0.25) is 0 Å². The van der Waals surface area contributed by atoms with E-state index in [0.717, 1.165) is 11.6 Å². The molecule has 3 aromatic carbocycles. The number of hydrogen-bond donors (Lipinski definition) is 2. The lowest BCUT2D eigenvalue weighted by Crippen LogP contribution is -2.54. The van der Waals surface area contributed by atoms with E-state index in [-0.39, 0.29) is 29.5 Å². The SMILES string of the molecule is COc1cc(/C=C2\C(=O)NC(=O)N(c3cccc([N+](=O)[O-])c3)C2=O)cc(Br)c1OCC(=O)Nc1cccc(C)c1. The zero-order valence-electron chi connectivity index (χ0n) is 21.1. The van der Waals surface area contributed by atoms with E-state index in [4.69, 9.17) is 9.47 Å². The van der Waals surface area contributed by atoms with Gasteiger partial charge in [-0.2, -0.15) is 0 Å². The number of hydrogen-bond acceptors (Lipinski definition) is 8. The van der Waals surface area contributed by atoms with E-state index in [0.29, 0.717) is 20.6 Å². The first kappa shape index (κ1) is 28.0. The smallest absolute Gasteiger partial charge is 0.335 e. The number of amides is 5. The Morgan fingerprint density at radius 2 is 1.88 bits per heavy atom. The van der Waals surface area contributed by atoms with Gasteiger partial charge in [-0.25, -0.2) is 9.69 Å². The minimum Gasteiger partial charge on any atom is -0.493 e. The third kappa shape index (κ3) is 6.15. The third-order valence-corrected chi connectivity index (χ3v) is 6.20. The molecule has 1 aliphatic rings. The van der Waals surface area contributed by atoms with Crippen molar-refractivity contribution in [2.45, 2.75) is 6.92 Å². The highest BCUT2D eigenvalue weighted by atomic mass is 79.9. The van der Waals surface area contributed by atoms with Crippen LogP contribution in [0.1, 0.15) is 11.1 Å². The molecule has 0 atom stereocenters. The Hall–Kier alpha value is -5.04. The van der Waals surface area contributed by atoms with Crippen molar-refractivity contribution in [3.8, 4) is 11.5 Å². The number of methoxy groups -OCH3 is 1. The molecule has 0 radical (unpaired) electrons. The summed E-state index contributed by atoms with van der Waals surface area (Å²) in [5, 5.41) is 15.9. The summed E-state index contributed by atoms with van der Waals surface area (Å²) in [6, 6.07) is 14.1. The van der Waals surface area contributed by atoms with Gasteiger partial charge in [-0.1, -0.05) is 18.2 Å². The summed E-state index contributed by atoms with van der Waals surface area (Å²) < 4.78 is 11.4. The number of ether oxygens (including phenoxy) is 2. The maximum Gasteiger partial charge on any atom is 0.335 e. The average Bonchev–Trinajstić information content (AvgIpc) is 2.90. The molecule has 0 unspecified atom stereocenters. The van der Waals surface area contributed by atoms with E-state index in [1.807, 2.05) is 25.1 Å². The van der Waals surface area contributed by atoms with E-state index in [1.165, 1.54) is 43.5 Å². The standard InChI is InChI=1S/C27H21BrN4O8/c1-15-5-3-6-17(9-15)29-23(33)14-40-24-21(28)11-16(12-22(24)39-2)10-20-25(34)30-27(36)31(26(20)35)18-7-4-8-19(13-18)32(37)38/h3-13H,14H2,1-2H3,(H,29,33)(H,30,34,36)/b20-10+. The van der Waals surface area contributed by atoms with Gasteiger partial charge in [-0.15, -0.1) is 0 Å². The molecule has 1 heterocycles. The normalized spacial score (nSPS) is 14.1. The van der Waals surface area contributed by atoms with E-state index in [2.05, 4.69) is 26.6 Å². The first-order valence-electron chi connectivity index (χ1n) is 11.6. The van der Waals surface area contributed by atoms with Gasteiger partial charge in [0.2, 0.25) is 0 Å². The molecule has 0 aromatic heterocycles. The van der Waals surface area contributed by atoms with Gasteiger partial charge in [-0.3, -0.25) is 29.8 Å². The second kappa shape index (κ2) is 11.8. The van der Waals surface area contributed by atoms with Crippen molar-refractivity contribution in [1.82, 2.24) is 5.32 Å². The molecule has 2 N–H and O–H groups in total. The number of non-ortho nitro benzene ring substituents is 1. The first-order valence-corrected chi connectivity index (χ1v) is 12.4. The second-order valence-electron chi connectivity index (χ2n) is 8.48. The van der Waals surface area contributed by atoms with Crippen LogP contribution in [0.3, 0.4) is 0 Å². The fourth-order valence-corrected chi connectivity index (χ4v) is 4.40. The molecule has 1 fully saturated rings. The Balaban J connectivity index is 1.57. The van der Waals surface area contributed by atoms with Crippen LogP contribution in [-0.2, 0) is 14.4 Å². The van der Waals surface area contributed by atoms with Crippen LogP contribution in [0.15, 0.2) is 70.7 Å². The van der Waals surface area contributed by atoms with Crippen molar-refractivity contribution < 1.29 is 33.6 Å². The molecule has 0 bridgehead atoms. The summed E-state index contributed by atoms with van der Waals surface area (Å²) in [6.45, 7) is 1.57. The van der Waals surface area contributed by atoms with Gasteiger partial charge in [0.05, 0.1) is 22.2 Å². The predicted molar refractivity (Wildman–Crippen MR) is 148 cm³/mol. The summed E-state index contributed by atoms with van der Waals surface area (Å²) in [4.78, 5) is 61.7. The van der Waals surface area contributed by atoms with Gasteiger partial charge < -0.3 is 14.8 Å². The lowest BCUT2D eigenvalue weighted by Gasteiger charge is -2.26. The molecular weight excluding hydrogens is 588 g/mol. The van der Waals surface area contributed by atoms with E-state index in [9.17, 15) is 29.3 Å². The minimum atomic E-state index is -1.04. The second-order valence-corrected chi connectivity index (χ2v) is 9.33. The lowest BCUT2D eigenvalue weighted by molar-refractivity contribution is -0.384. The van der Waals surface area contributed by atoms with Gasteiger partial charge >= 0.3 is 6.03 Å². The third-order valence-electron chi connectivity index (χ3n) is 5.61. The van der Waals surface area contributed by atoms with Gasteiger partial charge in [0, 0.05) is 17.8 Å². The molecule has 5 amide bonds. The number of benzene rings is 3. The molecule has 12 nitrogen and oxygen atoms in total. The molecule has 4 rings (SSSR count). The number of aryl methyl sites for hydroxylation is 1. The van der Waals surface area contributed by atoms with Gasteiger partial charge in [0.15, 0.2) is 18.1 Å². The Labute approximate surface area is 235 Å². The van der Waals surface area contributed by atoms with Crippen LogP contribution < -0.4 is 25.0 Å². The quantitative estimate of drug-likeness (QED) is 0.165. The Kier molecular flexibility index (Phi) is 8.24. The summed E-state index contributed by atoms with van der Waals surface area (Å²) in [5.74, 6) is -1.92. The summed E-state index contributed by atoms with van der Waals surface area (Å²) in [6.07, 6.45) is 1.23. The summed E-state index contributed by atoms with van der Waals surface area (Å²) in [7, 11) is 1.37. The molecule has 1 aliphatic heterocycles. The highest BCUT2D eigenvalue weighted by molar-refractivity contribution is 9.10. The van der Waals surface area contributed by atoms with Crippen molar-refractivity contribution in [3.05, 3.63) is 92.0 Å². The van der Waals surface area contributed by atoms with E-state index < -0.39 is 34.2 Å². The van der Waals surface area contributed by atoms with Crippen LogP contribution >= 0.6 is 15.9 Å². The number of carbonyl (C=O) groups is 4. The number of nitrogens with zero attached hydrogens (tertiary/aromatic N) is 2. The molecule has 0 spiro atoms. The van der Waals surface area contributed by atoms with Crippen molar-refractivity contribution in [1.29, 1.82) is 0 Å². The molecule has 204 valence electrons. The molecule has 0 saturated carbocycles. The Bertz CT molecular complexity index is 1590. The molecular formula is C27H21BrN4O8. The number of nitro benzene ring substituents is 1. The number of anilines is 2. The Morgan fingerprint density at radius 1 is 1.12 bits per heavy atom. The number of barbiturate groups is 1. The van der Waals surface area contributed by atoms with E-state index >= 15 is 0 Å². The van der Waals surface area contributed by atoms with Crippen LogP contribution in [0.25, 0.3) is 6.08 Å². The van der Waals surface area contributed by atoms with E-state index in [1.54, 1.807) is 6.07 Å². The average molecular weight is 609 g/mol. The highest BCUT2D eigenvalue weighted by Crippen LogP contribution is 2.37. The van der Waals surface area contributed by atoms with Gasteiger partial charge in [0.25, 0.3) is 23.4 Å². The molecule has 1 saturated heterocycles. The molecule has 3 aromatic rings. The van der Waals surface area contributed by atoms with Gasteiger partial charge in [-0.05, 0) is 70.4 Å². The number of carbonyl (C=O) groups excluding carboxylic acids is 4. The number of nitrogens with one attached hydrogen (secondary N) is 2. The lowest BCUT2D eigenvalue weighted by atomic mass is 10.1. The monoisotopic (exact) mass is 608 g/mol. The summed E-state index contributed by atoms with van der Waals surface area (Å²) >= 11 is 3.36. The van der Waals surface area contributed by atoms with Gasteiger partial charge in [0.1, 0.15) is 5.57 Å². The van der Waals surface area contributed by atoms with Crippen molar-refractivity contribution in [2.75, 3.05) is 23.9 Å². The van der Waals surface area contributed by atoms with Crippen molar-refractivity contribution in [2.24, 2.45) is 0 Å². The minimum absolute atomic E-state index is 0.0819. The van der Waals surface area contributed by atoms with Crippen LogP contribution in [-0.4, -0.2) is 42.4 Å². The number of rotatable bonds is 8. The molecule has 40 heavy (non-hydrogen) atoms. The van der Waals surface area contributed by atoms with Crippen LogP contribution in [0.4, 0.5) is 21.9 Å². The summed E-state index contributed by atoms with van der Waals surface area (Å²) in [5.41, 5.74) is 1.11. The number of urea groups is 1. The van der Waals surface area contributed by atoms with Crippen molar-refractivity contribution >= 4 is 62.8 Å². The first-order chi connectivity index (χ1) is 19.1. The number of halogens is 1. The Morgan fingerprint density at radius 3 is 2.58 bits per heavy atom. The predicted octanol–water partition coefficient (Wildman–Crippen LogP) is 4.36. The zero-order valence-corrected chi connectivity index (χ0v) is 22.7. The number of imide groups is 2. The van der Waals surface area contributed by atoms with Crippen LogP contribution in [0, 0.1) is 17.0 Å². The highest BCUT2D eigenvalue weighted by Gasteiger charge is 2.37. The molecule has 0 aliphatic carbocycles. The maximum absolute atomic E-state index is 13.2.